The van der Waals surface area contributed by atoms with Gasteiger partial charge in [0.2, 0.25) is 0 Å². The van der Waals surface area contributed by atoms with Crippen LogP contribution in [-0.2, 0) is 6.54 Å². The van der Waals surface area contributed by atoms with Crippen molar-refractivity contribution in [3.05, 3.63) is 51.2 Å². The van der Waals surface area contributed by atoms with Gasteiger partial charge in [0.1, 0.15) is 0 Å². The van der Waals surface area contributed by atoms with Crippen LogP contribution in [0.4, 0.5) is 0 Å². The van der Waals surface area contributed by atoms with Gasteiger partial charge in [-0.1, -0.05) is 40.5 Å². The van der Waals surface area contributed by atoms with Gasteiger partial charge in [0.05, 0.1) is 12.7 Å². The molecule has 1 aromatic carbocycles. The summed E-state index contributed by atoms with van der Waals surface area (Å²) < 4.78 is 2.92. The highest BCUT2D eigenvalue weighted by molar-refractivity contribution is 9.10. The Morgan fingerprint density at radius 1 is 1.45 bits per heavy atom. The van der Waals surface area contributed by atoms with Crippen molar-refractivity contribution in [3.8, 4) is 0 Å². The van der Waals surface area contributed by atoms with E-state index in [9.17, 15) is 0 Å². The average Bonchev–Trinajstić information content (AvgIpc) is 2.88. The summed E-state index contributed by atoms with van der Waals surface area (Å²) in [5.74, 6) is 0. The second-order valence-electron chi connectivity index (χ2n) is 4.88. The van der Waals surface area contributed by atoms with E-state index in [1.807, 2.05) is 29.1 Å². The van der Waals surface area contributed by atoms with E-state index in [-0.39, 0.29) is 0 Å². The van der Waals surface area contributed by atoms with E-state index in [1.165, 1.54) is 5.56 Å². The lowest BCUT2D eigenvalue weighted by atomic mass is 10.2. The van der Waals surface area contributed by atoms with Crippen LogP contribution in [-0.4, -0.2) is 16.3 Å². The number of aromatic nitrogens is 2. The normalized spacial score (nSPS) is 12.6. The lowest BCUT2D eigenvalue weighted by Crippen LogP contribution is -2.18. The quantitative estimate of drug-likeness (QED) is 0.831. The van der Waals surface area contributed by atoms with Crippen LogP contribution in [0.2, 0.25) is 5.02 Å². The summed E-state index contributed by atoms with van der Waals surface area (Å²) in [5.41, 5.74) is 2.27. The molecule has 0 aliphatic heterocycles. The SMILES string of the molecule is CCCNC(C)c1cnn(Cc2ccc(Br)cc2Cl)c1. The van der Waals surface area contributed by atoms with Gasteiger partial charge < -0.3 is 5.32 Å². The summed E-state index contributed by atoms with van der Waals surface area (Å²) in [6.45, 7) is 6.03. The molecular weight excluding hydrogens is 338 g/mol. The molecule has 0 aliphatic carbocycles. The van der Waals surface area contributed by atoms with Crippen molar-refractivity contribution in [3.63, 3.8) is 0 Å². The summed E-state index contributed by atoms with van der Waals surface area (Å²) >= 11 is 9.65. The van der Waals surface area contributed by atoms with E-state index in [2.05, 4.69) is 46.4 Å². The molecule has 0 saturated carbocycles. The third kappa shape index (κ3) is 4.08. The second kappa shape index (κ2) is 7.25. The number of benzene rings is 1. The Hall–Kier alpha value is -0.840. The van der Waals surface area contributed by atoms with Gasteiger partial charge in [-0.3, -0.25) is 4.68 Å². The van der Waals surface area contributed by atoms with Crippen LogP contribution in [0.3, 0.4) is 0 Å². The summed E-state index contributed by atoms with van der Waals surface area (Å²) in [7, 11) is 0. The van der Waals surface area contributed by atoms with Crippen LogP contribution in [0.25, 0.3) is 0 Å². The molecular formula is C15H19BrClN3. The van der Waals surface area contributed by atoms with Crippen LogP contribution >= 0.6 is 27.5 Å². The van der Waals surface area contributed by atoms with Crippen molar-refractivity contribution in [2.45, 2.75) is 32.9 Å². The Kier molecular flexibility index (Phi) is 5.64. The van der Waals surface area contributed by atoms with E-state index in [4.69, 9.17) is 11.6 Å². The molecule has 1 unspecified atom stereocenters. The van der Waals surface area contributed by atoms with E-state index in [0.717, 1.165) is 28.0 Å². The van der Waals surface area contributed by atoms with Gasteiger partial charge in [0, 0.05) is 27.3 Å². The monoisotopic (exact) mass is 355 g/mol. The first-order valence-electron chi connectivity index (χ1n) is 6.79. The Balaban J connectivity index is 2.05. The lowest BCUT2D eigenvalue weighted by molar-refractivity contribution is 0.569. The number of nitrogens with zero attached hydrogens (tertiary/aromatic N) is 2. The zero-order valence-electron chi connectivity index (χ0n) is 11.7. The van der Waals surface area contributed by atoms with Crippen LogP contribution in [0.5, 0.6) is 0 Å². The summed E-state index contributed by atoms with van der Waals surface area (Å²) in [5, 5.41) is 8.63. The van der Waals surface area contributed by atoms with Crippen molar-refractivity contribution in [2.24, 2.45) is 0 Å². The highest BCUT2D eigenvalue weighted by Crippen LogP contribution is 2.22. The van der Waals surface area contributed by atoms with Crippen LogP contribution < -0.4 is 5.32 Å². The maximum absolute atomic E-state index is 6.23. The molecule has 0 fully saturated rings. The molecule has 0 spiro atoms. The third-order valence-electron chi connectivity index (χ3n) is 3.20. The predicted octanol–water partition coefficient (Wildman–Crippen LogP) is 4.41. The minimum atomic E-state index is 0.323. The number of nitrogens with one attached hydrogen (secondary N) is 1. The molecule has 0 aliphatic rings. The van der Waals surface area contributed by atoms with Gasteiger partial charge in [-0.05, 0) is 37.6 Å². The van der Waals surface area contributed by atoms with Gasteiger partial charge in [-0.2, -0.15) is 5.10 Å². The van der Waals surface area contributed by atoms with Gasteiger partial charge in [-0.15, -0.1) is 0 Å². The smallest absolute Gasteiger partial charge is 0.0674 e. The Bertz CT molecular complexity index is 568. The van der Waals surface area contributed by atoms with Crippen molar-refractivity contribution in [2.75, 3.05) is 6.54 Å². The van der Waals surface area contributed by atoms with Crippen molar-refractivity contribution in [1.29, 1.82) is 0 Å². The summed E-state index contributed by atoms with van der Waals surface area (Å²) in [6, 6.07) is 6.25. The molecule has 1 N–H and O–H groups in total. The fourth-order valence-corrected chi connectivity index (χ4v) is 2.73. The number of hydrogen-bond donors (Lipinski definition) is 1. The zero-order valence-corrected chi connectivity index (χ0v) is 14.1. The highest BCUT2D eigenvalue weighted by atomic mass is 79.9. The molecule has 108 valence electrons. The van der Waals surface area contributed by atoms with Crippen molar-refractivity contribution in [1.82, 2.24) is 15.1 Å². The van der Waals surface area contributed by atoms with E-state index < -0.39 is 0 Å². The molecule has 2 rings (SSSR count). The predicted molar refractivity (Wildman–Crippen MR) is 87.2 cm³/mol. The third-order valence-corrected chi connectivity index (χ3v) is 4.05. The van der Waals surface area contributed by atoms with Crippen LogP contribution in [0, 0.1) is 0 Å². The number of rotatable bonds is 6. The van der Waals surface area contributed by atoms with Gasteiger partial charge >= 0.3 is 0 Å². The van der Waals surface area contributed by atoms with Crippen molar-refractivity contribution < 1.29 is 0 Å². The standard InChI is InChI=1S/C15H19BrClN3/c1-3-6-18-11(2)13-8-19-20(10-13)9-12-4-5-14(16)7-15(12)17/h4-5,7-8,10-11,18H,3,6,9H2,1-2H3. The molecule has 3 nitrogen and oxygen atoms in total. The summed E-state index contributed by atoms with van der Waals surface area (Å²) in [6.07, 6.45) is 5.12. The Morgan fingerprint density at radius 2 is 2.25 bits per heavy atom. The largest absolute Gasteiger partial charge is 0.310 e. The van der Waals surface area contributed by atoms with Gasteiger partial charge in [0.25, 0.3) is 0 Å². The molecule has 5 heteroatoms. The number of hydrogen-bond acceptors (Lipinski definition) is 2. The Morgan fingerprint density at radius 3 is 2.95 bits per heavy atom. The number of halogens is 2. The second-order valence-corrected chi connectivity index (χ2v) is 6.21. The maximum atomic E-state index is 6.23. The highest BCUT2D eigenvalue weighted by Gasteiger charge is 2.08. The first-order valence-corrected chi connectivity index (χ1v) is 7.97. The molecule has 0 amide bonds. The van der Waals surface area contributed by atoms with Gasteiger partial charge in [0.15, 0.2) is 0 Å². The van der Waals surface area contributed by atoms with Crippen molar-refractivity contribution >= 4 is 27.5 Å². The lowest BCUT2D eigenvalue weighted by Gasteiger charge is -2.10. The molecule has 0 radical (unpaired) electrons. The maximum Gasteiger partial charge on any atom is 0.0674 e. The molecule has 0 bridgehead atoms. The molecule has 2 aromatic rings. The summed E-state index contributed by atoms with van der Waals surface area (Å²) in [4.78, 5) is 0. The fourth-order valence-electron chi connectivity index (χ4n) is 1.99. The molecule has 20 heavy (non-hydrogen) atoms. The minimum absolute atomic E-state index is 0.323. The van der Waals surface area contributed by atoms with Gasteiger partial charge in [-0.25, -0.2) is 0 Å². The molecule has 1 aromatic heterocycles. The van der Waals surface area contributed by atoms with Crippen LogP contribution in [0.15, 0.2) is 35.1 Å². The molecule has 0 saturated heterocycles. The molecule has 1 heterocycles. The van der Waals surface area contributed by atoms with E-state index >= 15 is 0 Å². The van der Waals surface area contributed by atoms with E-state index in [1.54, 1.807) is 0 Å². The van der Waals surface area contributed by atoms with E-state index in [0.29, 0.717) is 12.6 Å². The first kappa shape index (κ1) is 15.5. The Labute approximate surface area is 133 Å². The first-order chi connectivity index (χ1) is 9.60. The zero-order chi connectivity index (χ0) is 14.5. The topological polar surface area (TPSA) is 29.9 Å². The molecule has 1 atom stereocenters. The average molecular weight is 357 g/mol. The minimum Gasteiger partial charge on any atom is -0.310 e. The fraction of sp³-hybridized carbons (Fsp3) is 0.400. The van der Waals surface area contributed by atoms with Crippen LogP contribution in [0.1, 0.15) is 37.4 Å².